The maximum Gasteiger partial charge on any atom is 0.331 e. The zero-order valence-corrected chi connectivity index (χ0v) is 23.4. The minimum Gasteiger partial charge on any atom is -0.481 e. The van der Waals surface area contributed by atoms with E-state index >= 15 is 0 Å². The number of rotatable bonds is 15. The van der Waals surface area contributed by atoms with Crippen LogP contribution in [0.15, 0.2) is 15.8 Å². The van der Waals surface area contributed by atoms with E-state index in [-0.39, 0.29) is 24.9 Å². The second kappa shape index (κ2) is 14.5. The van der Waals surface area contributed by atoms with Crippen LogP contribution in [0.25, 0.3) is 0 Å². The molecule has 2 heterocycles. The molecule has 0 radical (unpaired) electrons. The number of aromatic nitrogens is 2. The van der Waals surface area contributed by atoms with E-state index in [0.717, 1.165) is 4.57 Å². The van der Waals surface area contributed by atoms with Gasteiger partial charge in [0.2, 0.25) is 5.91 Å². The van der Waals surface area contributed by atoms with Gasteiger partial charge < -0.3 is 33.7 Å². The molecule has 0 bridgehead atoms. The number of carboxylic acid groups (broad SMARTS) is 1. The predicted octanol–water partition coefficient (Wildman–Crippen LogP) is 0.552. The van der Waals surface area contributed by atoms with Crippen molar-refractivity contribution in [3.05, 3.63) is 32.6 Å². The number of carbonyl (C=O) groups excluding carboxylic acids is 2. The number of likely N-dealkylation sites (N-methyl/N-ethyl adjacent to an activating group) is 1. The number of aromatic amines is 1. The fourth-order valence-electron chi connectivity index (χ4n) is 4.09. The third-order valence-corrected chi connectivity index (χ3v) is 8.19. The van der Waals surface area contributed by atoms with Crippen molar-refractivity contribution in [2.24, 2.45) is 5.92 Å². The Morgan fingerprint density at radius 2 is 1.82 bits per heavy atom. The highest BCUT2D eigenvalue weighted by Crippen LogP contribution is 2.51. The molecular weight excluding hydrogens is 541 g/mol. The molecule has 16 heteroatoms. The third kappa shape index (κ3) is 8.83. The van der Waals surface area contributed by atoms with Crippen LogP contribution in [-0.4, -0.2) is 83.8 Å². The zero-order chi connectivity index (χ0) is 29.3. The van der Waals surface area contributed by atoms with Gasteiger partial charge in [0.1, 0.15) is 18.8 Å². The molecule has 39 heavy (non-hydrogen) atoms. The first-order valence-electron chi connectivity index (χ1n) is 12.4. The Bertz CT molecular complexity index is 1170. The molecule has 5 atom stereocenters. The van der Waals surface area contributed by atoms with E-state index in [0.29, 0.717) is 0 Å². The Morgan fingerprint density at radius 1 is 1.18 bits per heavy atom. The summed E-state index contributed by atoms with van der Waals surface area (Å²) in [5.41, 5.74) is -1.29. The number of carbonyl (C=O) groups is 3. The summed E-state index contributed by atoms with van der Waals surface area (Å²) in [5, 5.41) is 11.3. The minimum absolute atomic E-state index is 0.107. The van der Waals surface area contributed by atoms with Crippen molar-refractivity contribution in [3.8, 4) is 0 Å². The van der Waals surface area contributed by atoms with E-state index in [2.05, 4.69) is 10.3 Å². The first-order chi connectivity index (χ1) is 18.3. The van der Waals surface area contributed by atoms with Crippen LogP contribution in [0.2, 0.25) is 0 Å². The highest BCUT2D eigenvalue weighted by Gasteiger charge is 2.52. The number of H-pyrrole nitrogens is 1. The van der Waals surface area contributed by atoms with Crippen molar-refractivity contribution in [1.29, 1.82) is 0 Å². The maximum atomic E-state index is 13.3. The van der Waals surface area contributed by atoms with Gasteiger partial charge in [-0.1, -0.05) is 6.92 Å². The van der Waals surface area contributed by atoms with Gasteiger partial charge in [-0.15, -0.1) is 0 Å². The average Bonchev–Trinajstić information content (AvgIpc) is 3.21. The lowest BCUT2D eigenvalue weighted by atomic mass is 9.99. The average molecular weight is 578 g/mol. The Labute approximate surface area is 224 Å². The number of nitrogens with zero attached hydrogens (tertiary/aromatic N) is 1. The van der Waals surface area contributed by atoms with Gasteiger partial charge in [-0.3, -0.25) is 33.3 Å². The SMILES string of the molecule is CCOP(=O)(C[C@H](C)C1OC(n2cc(C)c(=O)[nH]c2=O)[C@H](OCC(=O)NC)[C@@H]1OC(=O)CCC(=O)O)OCC. The molecule has 1 aromatic heterocycles. The lowest BCUT2D eigenvalue weighted by molar-refractivity contribution is -0.161. The summed E-state index contributed by atoms with van der Waals surface area (Å²) < 4.78 is 42.6. The van der Waals surface area contributed by atoms with Gasteiger partial charge in [0, 0.05) is 18.8 Å². The fraction of sp³-hybridized carbons (Fsp3) is 0.696. The largest absolute Gasteiger partial charge is 0.481 e. The zero-order valence-electron chi connectivity index (χ0n) is 22.5. The van der Waals surface area contributed by atoms with Crippen LogP contribution in [0.1, 0.15) is 45.4 Å². The van der Waals surface area contributed by atoms with E-state index in [1.165, 1.54) is 20.2 Å². The first-order valence-corrected chi connectivity index (χ1v) is 14.2. The normalized spacial score (nSPS) is 21.9. The monoisotopic (exact) mass is 577 g/mol. The summed E-state index contributed by atoms with van der Waals surface area (Å²) >= 11 is 0. The number of nitrogens with one attached hydrogen (secondary N) is 2. The molecule has 1 aromatic rings. The second-order valence-electron chi connectivity index (χ2n) is 8.87. The Balaban J connectivity index is 2.54. The number of carboxylic acids is 1. The fourth-order valence-corrected chi connectivity index (χ4v) is 6.08. The molecule has 0 spiro atoms. The van der Waals surface area contributed by atoms with Crippen molar-refractivity contribution in [2.75, 3.05) is 33.0 Å². The lowest BCUT2D eigenvalue weighted by Crippen LogP contribution is -2.44. The third-order valence-electron chi connectivity index (χ3n) is 5.87. The van der Waals surface area contributed by atoms with Gasteiger partial charge in [-0.05, 0) is 26.7 Å². The van der Waals surface area contributed by atoms with Crippen LogP contribution in [0, 0.1) is 12.8 Å². The van der Waals surface area contributed by atoms with Crippen molar-refractivity contribution in [3.63, 3.8) is 0 Å². The van der Waals surface area contributed by atoms with Gasteiger partial charge in [0.25, 0.3) is 5.56 Å². The molecule has 0 saturated carbocycles. The van der Waals surface area contributed by atoms with Gasteiger partial charge >= 0.3 is 25.2 Å². The van der Waals surface area contributed by atoms with E-state index in [1.54, 1.807) is 20.8 Å². The predicted molar refractivity (Wildman–Crippen MR) is 135 cm³/mol. The second-order valence-corrected chi connectivity index (χ2v) is 11.0. The summed E-state index contributed by atoms with van der Waals surface area (Å²) in [6.07, 6.45) is -4.76. The van der Waals surface area contributed by atoms with E-state index in [4.69, 9.17) is 28.4 Å². The van der Waals surface area contributed by atoms with Gasteiger partial charge in [-0.25, -0.2) is 4.79 Å². The van der Waals surface area contributed by atoms with E-state index in [9.17, 15) is 28.5 Å². The number of amides is 1. The molecule has 1 fully saturated rings. The number of aliphatic carboxylic acids is 1. The summed E-state index contributed by atoms with van der Waals surface area (Å²) in [6.45, 7) is 6.13. The molecule has 0 aliphatic carbocycles. The summed E-state index contributed by atoms with van der Waals surface area (Å²) in [6, 6.07) is 0. The summed E-state index contributed by atoms with van der Waals surface area (Å²) in [5.74, 6) is -3.31. The van der Waals surface area contributed by atoms with Crippen LogP contribution in [0.3, 0.4) is 0 Å². The molecule has 0 aromatic carbocycles. The molecule has 220 valence electrons. The molecule has 15 nitrogen and oxygen atoms in total. The standard InChI is InChI=1S/C23H36N3O12P/c1-6-35-39(33,36-7-2)12-14(4)18-19(37-17(30)9-8-16(28)29)20(34-11-15(27)24-5)22(38-18)26-10-13(3)21(31)25-23(26)32/h10,14,18-20,22H,6-9,11-12H2,1-5H3,(H,24,27)(H,28,29)(H,25,31,32)/t14-,18?,19+,20+,22?/m0/s1. The highest BCUT2D eigenvalue weighted by atomic mass is 31.2. The van der Waals surface area contributed by atoms with Gasteiger partial charge in [0.15, 0.2) is 12.3 Å². The van der Waals surface area contributed by atoms with Gasteiger partial charge in [-0.2, -0.15) is 0 Å². The summed E-state index contributed by atoms with van der Waals surface area (Å²) in [7, 11) is -2.22. The number of hydrogen-bond acceptors (Lipinski definition) is 11. The molecule has 1 aliphatic rings. The lowest BCUT2D eigenvalue weighted by Gasteiger charge is -2.28. The molecular formula is C23H36N3O12P. The number of aryl methyl sites for hydroxylation is 1. The van der Waals surface area contributed by atoms with Crippen molar-refractivity contribution >= 4 is 25.4 Å². The number of ether oxygens (including phenoxy) is 3. The molecule has 3 N–H and O–H groups in total. The van der Waals surface area contributed by atoms with E-state index in [1.807, 2.05) is 0 Å². The van der Waals surface area contributed by atoms with Crippen LogP contribution >= 0.6 is 7.60 Å². The molecule has 2 rings (SSSR count). The molecule has 1 aliphatic heterocycles. The highest BCUT2D eigenvalue weighted by molar-refractivity contribution is 7.53. The summed E-state index contributed by atoms with van der Waals surface area (Å²) in [4.78, 5) is 62.4. The van der Waals surface area contributed by atoms with Crippen molar-refractivity contribution in [1.82, 2.24) is 14.9 Å². The van der Waals surface area contributed by atoms with Crippen molar-refractivity contribution < 1.29 is 47.3 Å². The van der Waals surface area contributed by atoms with Crippen molar-refractivity contribution in [2.45, 2.75) is 65.1 Å². The Morgan fingerprint density at radius 3 is 2.38 bits per heavy atom. The van der Waals surface area contributed by atoms with Gasteiger partial charge in [0.05, 0.1) is 32.2 Å². The van der Waals surface area contributed by atoms with Crippen LogP contribution in [0.4, 0.5) is 0 Å². The van der Waals surface area contributed by atoms with Crippen LogP contribution in [0.5, 0.6) is 0 Å². The Hall–Kier alpha value is -2.84. The maximum absolute atomic E-state index is 13.3. The minimum atomic E-state index is -3.60. The van der Waals surface area contributed by atoms with Crippen LogP contribution in [-0.2, 0) is 42.2 Å². The topological polar surface area (TPSA) is 202 Å². The molecule has 1 saturated heterocycles. The molecule has 1 amide bonds. The smallest absolute Gasteiger partial charge is 0.331 e. The molecule has 2 unspecified atom stereocenters. The number of esters is 1. The Kier molecular flexibility index (Phi) is 12.1. The van der Waals surface area contributed by atoms with Crippen LogP contribution < -0.4 is 16.6 Å². The van der Waals surface area contributed by atoms with E-state index < -0.39 is 86.6 Å². The quantitative estimate of drug-likeness (QED) is 0.193. The number of hydrogen-bond donors (Lipinski definition) is 3. The first kappa shape index (κ1) is 32.4.